The molecule has 8 heteroatoms. The molecule has 0 spiro atoms. The van der Waals surface area contributed by atoms with Crippen LogP contribution in [0.1, 0.15) is 46.8 Å². The van der Waals surface area contributed by atoms with Crippen LogP contribution < -0.4 is 4.90 Å². The predicted molar refractivity (Wildman–Crippen MR) is 103 cm³/mol. The number of hydrogen-bond acceptors (Lipinski definition) is 7. The van der Waals surface area contributed by atoms with Gasteiger partial charge in [0, 0.05) is 61.9 Å². The first-order valence-electron chi connectivity index (χ1n) is 9.87. The number of carbonyl (C=O) groups excluding carboxylic acids is 1. The molecular weight excluding hydrogens is 362 g/mol. The van der Waals surface area contributed by atoms with Gasteiger partial charge in [0.1, 0.15) is 5.76 Å². The Bertz CT molecular complexity index is 828. The number of aryl methyl sites for hydroxylation is 1. The molecule has 0 radical (unpaired) electrons. The summed E-state index contributed by atoms with van der Waals surface area (Å²) < 4.78 is 5.08. The van der Waals surface area contributed by atoms with Gasteiger partial charge in [-0.25, -0.2) is 4.98 Å². The minimum absolute atomic E-state index is 0.00955. The molecule has 0 unspecified atom stereocenters. The molecule has 5 rings (SSSR count). The topological polar surface area (TPSA) is 65.7 Å². The standard InChI is InChI=1S/C19H25N5O2S/c1-13-10-15(21-26-13)18(25)24-9-5-16-17(24)4-8-23(16)12-14-11-20-19(27-14)22-6-2-3-7-22/h10-11,16-17H,2-9,12H2,1H3/t16-,17-/m0/s1. The van der Waals surface area contributed by atoms with Crippen molar-refractivity contribution >= 4 is 22.4 Å². The monoisotopic (exact) mass is 387 g/mol. The van der Waals surface area contributed by atoms with Crippen molar-refractivity contribution in [3.05, 3.63) is 28.6 Å². The fourth-order valence-corrected chi connectivity index (χ4v) is 5.75. The Hall–Kier alpha value is -1.93. The normalized spacial score (nSPS) is 25.5. The maximum atomic E-state index is 12.8. The third-order valence-electron chi connectivity index (χ3n) is 6.08. The number of fused-ring (bicyclic) bond motifs is 1. The van der Waals surface area contributed by atoms with Crippen molar-refractivity contribution in [1.29, 1.82) is 0 Å². The number of hydrogen-bond donors (Lipinski definition) is 0. The molecule has 3 aliphatic heterocycles. The predicted octanol–water partition coefficient (Wildman–Crippen LogP) is 2.53. The van der Waals surface area contributed by atoms with Gasteiger partial charge < -0.3 is 14.3 Å². The molecule has 1 amide bonds. The van der Waals surface area contributed by atoms with Gasteiger partial charge in [-0.1, -0.05) is 5.16 Å². The fraction of sp³-hybridized carbons (Fsp3) is 0.632. The van der Waals surface area contributed by atoms with Crippen LogP contribution in [0.5, 0.6) is 0 Å². The van der Waals surface area contributed by atoms with Crippen molar-refractivity contribution in [3.8, 4) is 0 Å². The summed E-state index contributed by atoms with van der Waals surface area (Å²) in [6.45, 7) is 6.88. The number of amides is 1. The number of carbonyl (C=O) groups is 1. The van der Waals surface area contributed by atoms with Gasteiger partial charge in [-0.2, -0.15) is 0 Å². The van der Waals surface area contributed by atoms with Crippen LogP contribution in [0, 0.1) is 6.92 Å². The molecular formula is C19H25N5O2S. The summed E-state index contributed by atoms with van der Waals surface area (Å²) in [7, 11) is 0. The van der Waals surface area contributed by atoms with Crippen LogP contribution in [0.2, 0.25) is 0 Å². The fourth-order valence-electron chi connectivity index (χ4n) is 4.76. The van der Waals surface area contributed by atoms with Gasteiger partial charge in [-0.05, 0) is 32.6 Å². The number of aromatic nitrogens is 2. The van der Waals surface area contributed by atoms with E-state index in [1.54, 1.807) is 6.07 Å². The van der Waals surface area contributed by atoms with E-state index in [1.165, 1.54) is 22.9 Å². The van der Waals surface area contributed by atoms with Crippen molar-refractivity contribution in [3.63, 3.8) is 0 Å². The molecule has 3 aliphatic rings. The lowest BCUT2D eigenvalue weighted by molar-refractivity contribution is 0.0721. The molecule has 0 aromatic carbocycles. The maximum absolute atomic E-state index is 12.8. The summed E-state index contributed by atoms with van der Waals surface area (Å²) >= 11 is 1.83. The Morgan fingerprint density at radius 3 is 2.81 bits per heavy atom. The van der Waals surface area contributed by atoms with Crippen LogP contribution in [0.15, 0.2) is 16.8 Å². The Morgan fingerprint density at radius 1 is 1.22 bits per heavy atom. The minimum Gasteiger partial charge on any atom is -0.361 e. The molecule has 2 aromatic heterocycles. The molecule has 2 aromatic rings. The number of anilines is 1. The van der Waals surface area contributed by atoms with Crippen LogP contribution >= 0.6 is 11.3 Å². The Kier molecular flexibility index (Phi) is 4.40. The van der Waals surface area contributed by atoms with Gasteiger partial charge in [-0.3, -0.25) is 9.69 Å². The zero-order valence-corrected chi connectivity index (χ0v) is 16.5. The summed E-state index contributed by atoms with van der Waals surface area (Å²) in [5, 5.41) is 5.08. The summed E-state index contributed by atoms with van der Waals surface area (Å²) in [6.07, 6.45) is 6.66. The number of nitrogens with zero attached hydrogens (tertiary/aromatic N) is 5. The number of thiazole rings is 1. The molecule has 0 N–H and O–H groups in total. The lowest BCUT2D eigenvalue weighted by Gasteiger charge is -2.24. The Balaban J connectivity index is 1.24. The van der Waals surface area contributed by atoms with E-state index in [4.69, 9.17) is 4.52 Å². The Labute approximate surface area is 162 Å². The van der Waals surface area contributed by atoms with E-state index in [0.29, 0.717) is 23.5 Å². The van der Waals surface area contributed by atoms with Crippen molar-refractivity contribution in [1.82, 2.24) is 19.9 Å². The van der Waals surface area contributed by atoms with Gasteiger partial charge in [0.2, 0.25) is 0 Å². The molecule has 0 saturated carbocycles. The molecule has 0 aliphatic carbocycles. The number of likely N-dealkylation sites (tertiary alicyclic amines) is 2. The van der Waals surface area contributed by atoms with Crippen LogP contribution in [0.4, 0.5) is 5.13 Å². The third-order valence-corrected chi connectivity index (χ3v) is 7.12. The molecule has 5 heterocycles. The zero-order chi connectivity index (χ0) is 18.4. The first-order valence-corrected chi connectivity index (χ1v) is 10.7. The highest BCUT2D eigenvalue weighted by Gasteiger charge is 2.45. The molecule has 0 bridgehead atoms. The van der Waals surface area contributed by atoms with Crippen LogP contribution in [-0.2, 0) is 6.54 Å². The zero-order valence-electron chi connectivity index (χ0n) is 15.6. The lowest BCUT2D eigenvalue weighted by Crippen LogP contribution is -2.39. The summed E-state index contributed by atoms with van der Waals surface area (Å²) in [6, 6.07) is 2.47. The highest BCUT2D eigenvalue weighted by Crippen LogP contribution is 2.35. The van der Waals surface area contributed by atoms with Crippen LogP contribution in [0.3, 0.4) is 0 Å². The average Bonchev–Trinajstić information content (AvgIpc) is 3.45. The van der Waals surface area contributed by atoms with Gasteiger partial charge in [0.05, 0.1) is 0 Å². The molecule has 7 nitrogen and oxygen atoms in total. The maximum Gasteiger partial charge on any atom is 0.276 e. The first-order chi connectivity index (χ1) is 13.2. The van der Waals surface area contributed by atoms with E-state index in [0.717, 1.165) is 45.6 Å². The van der Waals surface area contributed by atoms with Crippen molar-refractivity contribution in [2.24, 2.45) is 0 Å². The molecule has 2 atom stereocenters. The third kappa shape index (κ3) is 3.14. The van der Waals surface area contributed by atoms with E-state index in [-0.39, 0.29) is 5.91 Å². The molecule has 144 valence electrons. The smallest absolute Gasteiger partial charge is 0.276 e. The second kappa shape index (κ2) is 6.91. The highest BCUT2D eigenvalue weighted by molar-refractivity contribution is 7.15. The van der Waals surface area contributed by atoms with Gasteiger partial charge >= 0.3 is 0 Å². The SMILES string of the molecule is Cc1cc(C(=O)N2CC[C@H]3[C@@H]2CCN3Cc2cnc(N3CCCC3)s2)no1. The molecule has 3 fully saturated rings. The van der Waals surface area contributed by atoms with E-state index in [9.17, 15) is 4.79 Å². The molecule has 27 heavy (non-hydrogen) atoms. The summed E-state index contributed by atoms with van der Waals surface area (Å²) in [5.74, 6) is 0.691. The second-order valence-corrected chi connectivity index (χ2v) is 8.90. The van der Waals surface area contributed by atoms with E-state index < -0.39 is 0 Å². The lowest BCUT2D eigenvalue weighted by atomic mass is 10.1. The second-order valence-electron chi connectivity index (χ2n) is 7.81. The van der Waals surface area contributed by atoms with Crippen LogP contribution in [0.25, 0.3) is 0 Å². The van der Waals surface area contributed by atoms with Crippen LogP contribution in [-0.4, -0.2) is 64.1 Å². The minimum atomic E-state index is 0.00955. The number of rotatable bonds is 4. The largest absolute Gasteiger partial charge is 0.361 e. The van der Waals surface area contributed by atoms with Gasteiger partial charge in [-0.15, -0.1) is 11.3 Å². The van der Waals surface area contributed by atoms with Crippen molar-refractivity contribution in [2.45, 2.75) is 51.2 Å². The van der Waals surface area contributed by atoms with E-state index in [2.05, 4.69) is 19.9 Å². The summed E-state index contributed by atoms with van der Waals surface area (Å²) in [5.41, 5.74) is 0.435. The molecule has 3 saturated heterocycles. The van der Waals surface area contributed by atoms with Gasteiger partial charge in [0.25, 0.3) is 5.91 Å². The quantitative estimate of drug-likeness (QED) is 0.803. The first kappa shape index (κ1) is 17.2. The van der Waals surface area contributed by atoms with E-state index >= 15 is 0 Å². The highest BCUT2D eigenvalue weighted by atomic mass is 32.1. The summed E-state index contributed by atoms with van der Waals surface area (Å²) in [4.78, 5) is 25.7. The van der Waals surface area contributed by atoms with Crippen molar-refractivity contribution < 1.29 is 9.32 Å². The average molecular weight is 388 g/mol. The van der Waals surface area contributed by atoms with Crippen molar-refractivity contribution in [2.75, 3.05) is 31.1 Å². The van der Waals surface area contributed by atoms with Gasteiger partial charge in [0.15, 0.2) is 10.8 Å². The van der Waals surface area contributed by atoms with E-state index in [1.807, 2.05) is 29.4 Å². The Morgan fingerprint density at radius 2 is 2.04 bits per heavy atom.